The standard InChI is InChI=1S/C12H14FNO5/c1-4-18-11(15)12(2,3)19-10-8(13)6-5-7-9(10)14(16)17/h5-7H,4H2,1-3H3. The summed E-state index contributed by atoms with van der Waals surface area (Å²) in [4.78, 5) is 21.6. The van der Waals surface area contributed by atoms with Gasteiger partial charge in [0.1, 0.15) is 0 Å². The molecule has 0 aromatic heterocycles. The summed E-state index contributed by atoms with van der Waals surface area (Å²) in [5, 5.41) is 10.8. The topological polar surface area (TPSA) is 78.7 Å². The lowest BCUT2D eigenvalue weighted by molar-refractivity contribution is -0.386. The van der Waals surface area contributed by atoms with Crippen LogP contribution in [0, 0.1) is 15.9 Å². The van der Waals surface area contributed by atoms with Crippen molar-refractivity contribution < 1.29 is 23.6 Å². The summed E-state index contributed by atoms with van der Waals surface area (Å²) in [5.74, 6) is -2.22. The van der Waals surface area contributed by atoms with E-state index in [4.69, 9.17) is 9.47 Å². The lowest BCUT2D eigenvalue weighted by Crippen LogP contribution is -2.40. The molecular formula is C12H14FNO5. The molecule has 19 heavy (non-hydrogen) atoms. The van der Waals surface area contributed by atoms with Crippen LogP contribution in [0.15, 0.2) is 18.2 Å². The maximum Gasteiger partial charge on any atom is 0.349 e. The highest BCUT2D eigenvalue weighted by Gasteiger charge is 2.35. The van der Waals surface area contributed by atoms with Crippen LogP contribution in [0.5, 0.6) is 5.75 Å². The number of benzene rings is 1. The molecule has 0 radical (unpaired) electrons. The molecule has 0 N–H and O–H groups in total. The van der Waals surface area contributed by atoms with Gasteiger partial charge in [-0.05, 0) is 26.8 Å². The highest BCUT2D eigenvalue weighted by Crippen LogP contribution is 2.32. The summed E-state index contributed by atoms with van der Waals surface area (Å²) >= 11 is 0. The van der Waals surface area contributed by atoms with Gasteiger partial charge in [-0.1, -0.05) is 6.07 Å². The van der Waals surface area contributed by atoms with Gasteiger partial charge in [-0.2, -0.15) is 0 Å². The van der Waals surface area contributed by atoms with Crippen LogP contribution >= 0.6 is 0 Å². The fourth-order valence-electron chi connectivity index (χ4n) is 1.34. The molecule has 0 bridgehead atoms. The Morgan fingerprint density at radius 2 is 2.11 bits per heavy atom. The van der Waals surface area contributed by atoms with Crippen molar-refractivity contribution in [3.8, 4) is 5.75 Å². The third-order valence-electron chi connectivity index (χ3n) is 2.27. The summed E-state index contributed by atoms with van der Waals surface area (Å²) in [7, 11) is 0. The molecule has 0 saturated heterocycles. The quantitative estimate of drug-likeness (QED) is 0.467. The van der Waals surface area contributed by atoms with Crippen LogP contribution in [0.2, 0.25) is 0 Å². The number of nitro groups is 1. The summed E-state index contributed by atoms with van der Waals surface area (Å²) < 4.78 is 23.5. The van der Waals surface area contributed by atoms with E-state index >= 15 is 0 Å². The second-order valence-corrected chi connectivity index (χ2v) is 4.18. The second-order valence-electron chi connectivity index (χ2n) is 4.18. The van der Waals surface area contributed by atoms with Crippen molar-refractivity contribution in [2.24, 2.45) is 0 Å². The number of para-hydroxylation sites is 1. The van der Waals surface area contributed by atoms with Gasteiger partial charge in [-0.3, -0.25) is 10.1 Å². The van der Waals surface area contributed by atoms with E-state index in [2.05, 4.69) is 0 Å². The molecule has 6 nitrogen and oxygen atoms in total. The van der Waals surface area contributed by atoms with Gasteiger partial charge in [-0.15, -0.1) is 0 Å². The zero-order valence-electron chi connectivity index (χ0n) is 10.8. The first-order valence-corrected chi connectivity index (χ1v) is 5.58. The van der Waals surface area contributed by atoms with Crippen molar-refractivity contribution in [2.45, 2.75) is 26.4 Å². The number of hydrogen-bond acceptors (Lipinski definition) is 5. The van der Waals surface area contributed by atoms with Crippen molar-refractivity contribution >= 4 is 11.7 Å². The van der Waals surface area contributed by atoms with E-state index in [1.54, 1.807) is 6.92 Å². The fourth-order valence-corrected chi connectivity index (χ4v) is 1.34. The van der Waals surface area contributed by atoms with E-state index in [1.807, 2.05) is 0 Å². The monoisotopic (exact) mass is 271 g/mol. The first kappa shape index (κ1) is 14.9. The fraction of sp³-hybridized carbons (Fsp3) is 0.417. The average Bonchev–Trinajstić information content (AvgIpc) is 2.31. The third kappa shape index (κ3) is 3.40. The first-order valence-electron chi connectivity index (χ1n) is 5.58. The van der Waals surface area contributed by atoms with Crippen LogP contribution in [0.4, 0.5) is 10.1 Å². The Hall–Kier alpha value is -2.18. The van der Waals surface area contributed by atoms with E-state index in [1.165, 1.54) is 19.9 Å². The van der Waals surface area contributed by atoms with Crippen molar-refractivity contribution in [2.75, 3.05) is 6.61 Å². The molecule has 0 unspecified atom stereocenters. The van der Waals surface area contributed by atoms with Gasteiger partial charge in [0, 0.05) is 6.07 Å². The van der Waals surface area contributed by atoms with E-state index < -0.39 is 33.7 Å². The molecule has 0 aliphatic heterocycles. The van der Waals surface area contributed by atoms with Crippen LogP contribution in [0.25, 0.3) is 0 Å². The molecule has 0 aliphatic rings. The van der Waals surface area contributed by atoms with E-state index in [0.29, 0.717) is 0 Å². The minimum atomic E-state index is -1.52. The molecule has 1 aromatic carbocycles. The van der Waals surface area contributed by atoms with E-state index in [9.17, 15) is 19.3 Å². The molecule has 0 heterocycles. The number of carbonyl (C=O) groups is 1. The Morgan fingerprint density at radius 1 is 1.47 bits per heavy atom. The predicted octanol–water partition coefficient (Wildman–Crippen LogP) is 2.45. The number of rotatable bonds is 5. The second kappa shape index (κ2) is 5.64. The smallest absolute Gasteiger partial charge is 0.349 e. The Labute approximate surface area is 109 Å². The number of halogens is 1. The van der Waals surface area contributed by atoms with Gasteiger partial charge < -0.3 is 9.47 Å². The molecule has 7 heteroatoms. The Morgan fingerprint density at radius 3 is 2.63 bits per heavy atom. The molecule has 104 valence electrons. The van der Waals surface area contributed by atoms with Crippen molar-refractivity contribution in [1.29, 1.82) is 0 Å². The zero-order valence-corrected chi connectivity index (χ0v) is 10.8. The van der Waals surface area contributed by atoms with Gasteiger partial charge in [0.2, 0.25) is 11.4 Å². The lowest BCUT2D eigenvalue weighted by Gasteiger charge is -2.23. The van der Waals surface area contributed by atoms with Gasteiger partial charge >= 0.3 is 11.7 Å². The highest BCUT2D eigenvalue weighted by molar-refractivity contribution is 5.79. The van der Waals surface area contributed by atoms with Crippen LogP contribution < -0.4 is 4.74 Å². The van der Waals surface area contributed by atoms with Crippen molar-refractivity contribution in [1.82, 2.24) is 0 Å². The van der Waals surface area contributed by atoms with E-state index in [0.717, 1.165) is 12.1 Å². The number of nitrogens with zero attached hydrogens (tertiary/aromatic N) is 1. The van der Waals surface area contributed by atoms with Crippen LogP contribution in [-0.4, -0.2) is 23.1 Å². The first-order chi connectivity index (χ1) is 8.79. The SMILES string of the molecule is CCOC(=O)C(C)(C)Oc1c(F)cccc1[N+](=O)[O-]. The van der Waals surface area contributed by atoms with Crippen molar-refractivity contribution in [3.63, 3.8) is 0 Å². The Kier molecular flexibility index (Phi) is 4.42. The molecule has 0 atom stereocenters. The third-order valence-corrected chi connectivity index (χ3v) is 2.27. The minimum absolute atomic E-state index is 0.130. The summed E-state index contributed by atoms with van der Waals surface area (Å²) in [6, 6.07) is 3.31. The number of nitro benzene ring substituents is 1. The number of carbonyl (C=O) groups excluding carboxylic acids is 1. The lowest BCUT2D eigenvalue weighted by atomic mass is 10.1. The van der Waals surface area contributed by atoms with Gasteiger partial charge in [0.15, 0.2) is 5.82 Å². The molecule has 0 amide bonds. The molecule has 1 aromatic rings. The van der Waals surface area contributed by atoms with Gasteiger partial charge in [0.25, 0.3) is 0 Å². The summed E-state index contributed by atoms with van der Waals surface area (Å²) in [6.07, 6.45) is 0. The van der Waals surface area contributed by atoms with Crippen LogP contribution in [0.1, 0.15) is 20.8 Å². The molecule has 0 fully saturated rings. The summed E-state index contributed by atoms with van der Waals surface area (Å²) in [5.41, 5.74) is -2.07. The largest absolute Gasteiger partial charge is 0.467 e. The van der Waals surface area contributed by atoms with Crippen molar-refractivity contribution in [3.05, 3.63) is 34.1 Å². The van der Waals surface area contributed by atoms with E-state index in [-0.39, 0.29) is 6.61 Å². The molecular weight excluding hydrogens is 257 g/mol. The number of esters is 1. The number of ether oxygens (including phenoxy) is 2. The minimum Gasteiger partial charge on any atom is -0.467 e. The normalized spacial score (nSPS) is 10.9. The Bertz CT molecular complexity index is 501. The van der Waals surface area contributed by atoms with Crippen LogP contribution in [0.3, 0.4) is 0 Å². The Balaban J connectivity index is 3.11. The van der Waals surface area contributed by atoms with Gasteiger partial charge in [-0.25, -0.2) is 9.18 Å². The zero-order chi connectivity index (χ0) is 14.6. The van der Waals surface area contributed by atoms with Crippen LogP contribution in [-0.2, 0) is 9.53 Å². The summed E-state index contributed by atoms with van der Waals surface area (Å²) in [6.45, 7) is 4.44. The molecule has 0 aliphatic carbocycles. The number of hydrogen-bond donors (Lipinski definition) is 0. The maximum atomic E-state index is 13.6. The highest BCUT2D eigenvalue weighted by atomic mass is 19.1. The van der Waals surface area contributed by atoms with Gasteiger partial charge in [0.05, 0.1) is 11.5 Å². The predicted molar refractivity (Wildman–Crippen MR) is 64.4 cm³/mol. The maximum absolute atomic E-state index is 13.6. The molecule has 0 spiro atoms. The molecule has 1 rings (SSSR count). The molecule has 0 saturated carbocycles. The average molecular weight is 271 g/mol.